The van der Waals surface area contributed by atoms with Gasteiger partial charge in [-0.1, -0.05) is 42.5 Å². The highest BCUT2D eigenvalue weighted by Gasteiger charge is 2.31. The van der Waals surface area contributed by atoms with E-state index in [9.17, 15) is 29.4 Å². The SMILES string of the molecule is COCCN(CCOC)c1nc(C(=O)NC(CC(=O)O)C(=O)O)c(N2CCOCC2)nc1-c1ccc(C(=O)OCc2ccccc2)cc1. The topological polar surface area (TPSA) is 190 Å². The van der Waals surface area contributed by atoms with Gasteiger partial charge in [-0.15, -0.1) is 0 Å². The first-order valence-electron chi connectivity index (χ1n) is 15.3. The van der Waals surface area contributed by atoms with E-state index in [1.807, 2.05) is 35.2 Å². The van der Waals surface area contributed by atoms with Gasteiger partial charge in [-0.25, -0.2) is 19.6 Å². The maximum atomic E-state index is 13.7. The lowest BCUT2D eigenvalue weighted by Gasteiger charge is -2.31. The first kappa shape index (κ1) is 35.7. The van der Waals surface area contributed by atoms with Gasteiger partial charge in [-0.2, -0.15) is 0 Å². The van der Waals surface area contributed by atoms with Crippen molar-refractivity contribution in [1.29, 1.82) is 0 Å². The summed E-state index contributed by atoms with van der Waals surface area (Å²) in [5, 5.41) is 21.1. The molecule has 2 aromatic carbocycles. The number of amides is 1. The van der Waals surface area contributed by atoms with Gasteiger partial charge in [-0.05, 0) is 17.7 Å². The van der Waals surface area contributed by atoms with Gasteiger partial charge in [0.1, 0.15) is 18.3 Å². The molecule has 0 bridgehead atoms. The highest BCUT2D eigenvalue weighted by atomic mass is 16.5. The number of carboxylic acid groups (broad SMARTS) is 2. The van der Waals surface area contributed by atoms with Gasteiger partial charge in [0.25, 0.3) is 5.91 Å². The molecule has 0 saturated carbocycles. The summed E-state index contributed by atoms with van der Waals surface area (Å²) in [4.78, 5) is 63.0. The number of aliphatic carboxylic acids is 2. The minimum Gasteiger partial charge on any atom is -0.481 e. The smallest absolute Gasteiger partial charge is 0.338 e. The lowest BCUT2D eigenvalue weighted by atomic mass is 10.1. The van der Waals surface area contributed by atoms with Crippen molar-refractivity contribution in [2.75, 3.05) is 76.6 Å². The zero-order valence-electron chi connectivity index (χ0n) is 26.8. The van der Waals surface area contributed by atoms with E-state index in [0.717, 1.165) is 5.56 Å². The predicted molar refractivity (Wildman–Crippen MR) is 173 cm³/mol. The van der Waals surface area contributed by atoms with Crippen molar-refractivity contribution < 1.29 is 48.3 Å². The van der Waals surface area contributed by atoms with Crippen LogP contribution in [0.5, 0.6) is 0 Å². The number of carboxylic acids is 2. The largest absolute Gasteiger partial charge is 0.481 e. The van der Waals surface area contributed by atoms with Crippen LogP contribution in [0.2, 0.25) is 0 Å². The number of ether oxygens (including phenoxy) is 4. The average Bonchev–Trinajstić information content (AvgIpc) is 3.10. The van der Waals surface area contributed by atoms with E-state index in [4.69, 9.17) is 28.9 Å². The minimum absolute atomic E-state index is 0.118. The molecule has 1 aromatic heterocycles. The van der Waals surface area contributed by atoms with Crippen molar-refractivity contribution in [3.05, 3.63) is 71.4 Å². The minimum atomic E-state index is -1.70. The molecule has 1 unspecified atom stereocenters. The Bertz CT molecular complexity index is 1540. The quantitative estimate of drug-likeness (QED) is 0.178. The molecule has 48 heavy (non-hydrogen) atoms. The molecule has 0 spiro atoms. The average molecular weight is 666 g/mol. The summed E-state index contributed by atoms with van der Waals surface area (Å²) < 4.78 is 21.6. The second-order valence-corrected chi connectivity index (χ2v) is 10.7. The third-order valence-corrected chi connectivity index (χ3v) is 7.40. The lowest BCUT2D eigenvalue weighted by molar-refractivity contribution is -0.145. The normalized spacial score (nSPS) is 13.4. The van der Waals surface area contributed by atoms with Gasteiger partial charge >= 0.3 is 17.9 Å². The maximum absolute atomic E-state index is 13.7. The number of carbonyl (C=O) groups is 4. The molecule has 2 heterocycles. The number of nitrogens with zero attached hydrogens (tertiary/aromatic N) is 4. The Kier molecular flexibility index (Phi) is 13.2. The molecular weight excluding hydrogens is 626 g/mol. The van der Waals surface area contributed by atoms with Crippen molar-refractivity contribution in [1.82, 2.24) is 15.3 Å². The number of carbonyl (C=O) groups excluding carboxylic acids is 2. The molecule has 3 aromatic rings. The summed E-state index contributed by atoms with van der Waals surface area (Å²) >= 11 is 0. The molecule has 15 heteroatoms. The number of aromatic nitrogens is 2. The van der Waals surface area contributed by atoms with Crippen LogP contribution in [0.25, 0.3) is 11.3 Å². The van der Waals surface area contributed by atoms with Gasteiger partial charge < -0.3 is 44.3 Å². The maximum Gasteiger partial charge on any atom is 0.338 e. The molecule has 1 aliphatic rings. The molecule has 1 atom stereocenters. The molecule has 1 saturated heterocycles. The summed E-state index contributed by atoms with van der Waals surface area (Å²) in [6.45, 7) is 2.82. The van der Waals surface area contributed by atoms with E-state index < -0.39 is 36.3 Å². The Hall–Kier alpha value is -5.12. The predicted octanol–water partition coefficient (Wildman–Crippen LogP) is 2.09. The number of morpholine rings is 1. The first-order chi connectivity index (χ1) is 23.2. The van der Waals surface area contributed by atoms with E-state index in [0.29, 0.717) is 69.4 Å². The summed E-state index contributed by atoms with van der Waals surface area (Å²) in [5.41, 5.74) is 1.94. The molecule has 256 valence electrons. The van der Waals surface area contributed by atoms with E-state index >= 15 is 0 Å². The fourth-order valence-corrected chi connectivity index (χ4v) is 4.88. The Morgan fingerprint density at radius 2 is 1.58 bits per heavy atom. The lowest BCUT2D eigenvalue weighted by Crippen LogP contribution is -2.44. The van der Waals surface area contributed by atoms with Crippen molar-refractivity contribution in [3.8, 4) is 11.3 Å². The summed E-state index contributed by atoms with van der Waals surface area (Å²) in [6, 6.07) is 14.2. The van der Waals surface area contributed by atoms with Crippen molar-refractivity contribution >= 4 is 35.5 Å². The van der Waals surface area contributed by atoms with Crippen LogP contribution >= 0.6 is 0 Å². The molecule has 0 aliphatic carbocycles. The molecule has 3 N–H and O–H groups in total. The number of hydrogen-bond donors (Lipinski definition) is 3. The number of anilines is 2. The van der Waals surface area contributed by atoms with E-state index in [1.165, 1.54) is 0 Å². The van der Waals surface area contributed by atoms with Gasteiger partial charge in [0.2, 0.25) is 0 Å². The van der Waals surface area contributed by atoms with Crippen LogP contribution in [-0.4, -0.2) is 117 Å². The third kappa shape index (κ3) is 9.70. The third-order valence-electron chi connectivity index (χ3n) is 7.40. The zero-order chi connectivity index (χ0) is 34.5. The van der Waals surface area contributed by atoms with Crippen molar-refractivity contribution in [3.63, 3.8) is 0 Å². The van der Waals surface area contributed by atoms with Crippen LogP contribution in [0.3, 0.4) is 0 Å². The molecule has 1 fully saturated rings. The molecule has 1 amide bonds. The highest BCUT2D eigenvalue weighted by Crippen LogP contribution is 2.33. The number of methoxy groups -OCH3 is 2. The van der Waals surface area contributed by atoms with Gasteiger partial charge in [-0.3, -0.25) is 9.59 Å². The molecular formula is C33H39N5O10. The monoisotopic (exact) mass is 665 g/mol. The number of esters is 1. The number of nitrogens with one attached hydrogen (secondary N) is 1. The Morgan fingerprint density at radius 1 is 0.938 bits per heavy atom. The number of benzene rings is 2. The second-order valence-electron chi connectivity index (χ2n) is 10.7. The zero-order valence-corrected chi connectivity index (χ0v) is 26.8. The van der Waals surface area contributed by atoms with Crippen LogP contribution in [0.4, 0.5) is 11.6 Å². The number of rotatable bonds is 17. The van der Waals surface area contributed by atoms with Crippen LogP contribution < -0.4 is 15.1 Å². The van der Waals surface area contributed by atoms with Crippen molar-refractivity contribution in [2.24, 2.45) is 0 Å². The molecule has 1 aliphatic heterocycles. The van der Waals surface area contributed by atoms with Crippen molar-refractivity contribution in [2.45, 2.75) is 19.1 Å². The van der Waals surface area contributed by atoms with Crippen LogP contribution in [-0.2, 0) is 35.1 Å². The fourth-order valence-electron chi connectivity index (χ4n) is 4.88. The number of hydrogen-bond acceptors (Lipinski definition) is 12. The molecule has 0 radical (unpaired) electrons. The summed E-state index contributed by atoms with van der Waals surface area (Å²) in [5.74, 6) is -3.87. The van der Waals surface area contributed by atoms with Crippen LogP contribution in [0.15, 0.2) is 54.6 Å². The first-order valence-corrected chi connectivity index (χ1v) is 15.3. The van der Waals surface area contributed by atoms with Crippen LogP contribution in [0.1, 0.15) is 32.8 Å². The van der Waals surface area contributed by atoms with Crippen LogP contribution in [0, 0.1) is 0 Å². The Balaban J connectivity index is 1.78. The fraction of sp³-hybridized carbons (Fsp3) is 0.394. The highest BCUT2D eigenvalue weighted by molar-refractivity contribution is 6.00. The Morgan fingerprint density at radius 3 is 2.17 bits per heavy atom. The summed E-state index contributed by atoms with van der Waals surface area (Å²) in [7, 11) is 3.09. The van der Waals surface area contributed by atoms with E-state index in [2.05, 4.69) is 5.32 Å². The summed E-state index contributed by atoms with van der Waals surface area (Å²) in [6.07, 6.45) is -0.833. The molecule has 4 rings (SSSR count). The van der Waals surface area contributed by atoms with Gasteiger partial charge in [0.05, 0.1) is 38.4 Å². The van der Waals surface area contributed by atoms with Gasteiger partial charge in [0, 0.05) is 46.0 Å². The van der Waals surface area contributed by atoms with E-state index in [-0.39, 0.29) is 23.9 Å². The standard InChI is InChI=1S/C33H39N5O10/c1-45-16-12-37(13-17-46-2)29-27(23-8-10-24(11-9-23)33(44)48-21-22-6-4-3-5-7-22)35-30(38-14-18-47-19-15-38)28(36-29)31(41)34-25(32(42)43)20-26(39)40/h3-11,25H,12-21H2,1-2H3,(H,34,41)(H,39,40)(H,42,43). The second kappa shape index (κ2) is 17.7. The van der Waals surface area contributed by atoms with E-state index in [1.54, 1.807) is 43.4 Å². The Labute approximate surface area is 277 Å². The molecule has 15 nitrogen and oxygen atoms in total. The van der Waals surface area contributed by atoms with Gasteiger partial charge in [0.15, 0.2) is 17.3 Å².